The maximum atomic E-state index is 12.2. The van der Waals surface area contributed by atoms with Gasteiger partial charge in [0.25, 0.3) is 17.7 Å². The molecule has 128 valence electrons. The Kier molecular flexibility index (Phi) is 4.85. The standard InChI is InChI=1S/C18H15BrN2O4/c1-21-17(23)14-6-5-11(9-15(14)18(21)24)16(22)20-7-8-25-13-4-2-3-12(19)10-13/h2-6,9-10H,7-8H2,1H3,(H,20,22). The van der Waals surface area contributed by atoms with E-state index in [2.05, 4.69) is 21.2 Å². The Balaban J connectivity index is 1.57. The second kappa shape index (κ2) is 7.06. The third kappa shape index (κ3) is 3.56. The third-order valence-electron chi connectivity index (χ3n) is 3.80. The molecule has 0 bridgehead atoms. The zero-order valence-corrected chi connectivity index (χ0v) is 15.0. The molecule has 3 amide bonds. The van der Waals surface area contributed by atoms with Gasteiger partial charge in [-0.2, -0.15) is 0 Å². The first-order valence-corrected chi connectivity index (χ1v) is 8.39. The van der Waals surface area contributed by atoms with Crippen LogP contribution in [0.5, 0.6) is 5.75 Å². The lowest BCUT2D eigenvalue weighted by Gasteiger charge is -2.08. The van der Waals surface area contributed by atoms with Gasteiger partial charge in [-0.25, -0.2) is 0 Å². The number of benzene rings is 2. The average Bonchev–Trinajstić information content (AvgIpc) is 2.83. The molecule has 0 aliphatic carbocycles. The van der Waals surface area contributed by atoms with Crippen LogP contribution in [0.1, 0.15) is 31.1 Å². The number of ether oxygens (including phenoxy) is 1. The van der Waals surface area contributed by atoms with Gasteiger partial charge in [0.2, 0.25) is 0 Å². The Morgan fingerprint density at radius 3 is 2.64 bits per heavy atom. The van der Waals surface area contributed by atoms with Gasteiger partial charge in [0.05, 0.1) is 17.7 Å². The Morgan fingerprint density at radius 1 is 1.12 bits per heavy atom. The van der Waals surface area contributed by atoms with Gasteiger partial charge in [0.15, 0.2) is 0 Å². The van der Waals surface area contributed by atoms with Crippen molar-refractivity contribution in [3.63, 3.8) is 0 Å². The van der Waals surface area contributed by atoms with Crippen LogP contribution in [0.2, 0.25) is 0 Å². The number of fused-ring (bicyclic) bond motifs is 1. The molecule has 2 aromatic rings. The lowest BCUT2D eigenvalue weighted by Crippen LogP contribution is -2.28. The Morgan fingerprint density at radius 2 is 1.88 bits per heavy atom. The average molecular weight is 403 g/mol. The summed E-state index contributed by atoms with van der Waals surface area (Å²) in [4.78, 5) is 37.1. The highest BCUT2D eigenvalue weighted by molar-refractivity contribution is 9.10. The van der Waals surface area contributed by atoms with E-state index in [1.165, 1.54) is 25.2 Å². The second-order valence-corrected chi connectivity index (χ2v) is 6.41. The minimum atomic E-state index is -0.396. The van der Waals surface area contributed by atoms with Crippen molar-refractivity contribution < 1.29 is 19.1 Å². The summed E-state index contributed by atoms with van der Waals surface area (Å²) in [6, 6.07) is 11.9. The highest BCUT2D eigenvalue weighted by atomic mass is 79.9. The second-order valence-electron chi connectivity index (χ2n) is 5.49. The van der Waals surface area contributed by atoms with Crippen LogP contribution in [0.25, 0.3) is 0 Å². The molecule has 0 atom stereocenters. The molecule has 1 heterocycles. The molecule has 1 aliphatic rings. The third-order valence-corrected chi connectivity index (χ3v) is 4.30. The maximum absolute atomic E-state index is 12.2. The number of nitrogens with one attached hydrogen (secondary N) is 1. The first-order valence-electron chi connectivity index (χ1n) is 7.60. The van der Waals surface area contributed by atoms with E-state index in [1.807, 2.05) is 24.3 Å². The number of imide groups is 1. The molecule has 0 saturated heterocycles. The maximum Gasteiger partial charge on any atom is 0.261 e. The lowest BCUT2D eigenvalue weighted by molar-refractivity contribution is 0.0693. The van der Waals surface area contributed by atoms with E-state index in [9.17, 15) is 14.4 Å². The van der Waals surface area contributed by atoms with Crippen LogP contribution in [0.3, 0.4) is 0 Å². The molecule has 25 heavy (non-hydrogen) atoms. The van der Waals surface area contributed by atoms with Crippen LogP contribution in [0.15, 0.2) is 46.9 Å². The van der Waals surface area contributed by atoms with Crippen LogP contribution < -0.4 is 10.1 Å². The fourth-order valence-corrected chi connectivity index (χ4v) is 2.87. The van der Waals surface area contributed by atoms with Gasteiger partial charge in [-0.05, 0) is 36.4 Å². The number of carbonyl (C=O) groups excluding carboxylic acids is 3. The number of halogens is 1. The summed E-state index contributed by atoms with van der Waals surface area (Å²) in [6.45, 7) is 0.627. The minimum Gasteiger partial charge on any atom is -0.492 e. The van der Waals surface area contributed by atoms with E-state index in [1.54, 1.807) is 0 Å². The molecule has 2 aromatic carbocycles. The lowest BCUT2D eigenvalue weighted by atomic mass is 10.1. The zero-order valence-electron chi connectivity index (χ0n) is 13.4. The largest absolute Gasteiger partial charge is 0.492 e. The predicted molar refractivity (Wildman–Crippen MR) is 94.8 cm³/mol. The fourth-order valence-electron chi connectivity index (χ4n) is 2.49. The molecule has 6 nitrogen and oxygen atoms in total. The first kappa shape index (κ1) is 17.2. The van der Waals surface area contributed by atoms with Crippen molar-refractivity contribution in [1.29, 1.82) is 0 Å². The zero-order chi connectivity index (χ0) is 18.0. The quantitative estimate of drug-likeness (QED) is 0.615. The number of hydrogen-bond donors (Lipinski definition) is 1. The molecule has 0 fully saturated rings. The normalized spacial score (nSPS) is 13.0. The molecule has 0 aromatic heterocycles. The Hall–Kier alpha value is -2.67. The summed E-state index contributed by atoms with van der Waals surface area (Å²) in [5, 5.41) is 2.73. The molecule has 0 spiro atoms. The van der Waals surface area contributed by atoms with E-state index < -0.39 is 5.91 Å². The molecular weight excluding hydrogens is 388 g/mol. The minimum absolute atomic E-state index is 0.255. The molecular formula is C18H15BrN2O4. The number of carbonyl (C=O) groups is 3. The first-order chi connectivity index (χ1) is 12.0. The molecule has 1 aliphatic heterocycles. The van der Waals surface area contributed by atoms with Gasteiger partial charge in [0, 0.05) is 17.1 Å². The van der Waals surface area contributed by atoms with Crippen molar-refractivity contribution in [2.24, 2.45) is 0 Å². The Bertz CT molecular complexity index is 866. The predicted octanol–water partition coefficient (Wildman–Crippen LogP) is 2.48. The number of hydrogen-bond acceptors (Lipinski definition) is 4. The van der Waals surface area contributed by atoms with E-state index in [0.717, 1.165) is 9.37 Å². The summed E-state index contributed by atoms with van der Waals surface area (Å²) in [5.41, 5.74) is 0.908. The van der Waals surface area contributed by atoms with Crippen molar-refractivity contribution in [2.75, 3.05) is 20.2 Å². The topological polar surface area (TPSA) is 75.7 Å². The van der Waals surface area contributed by atoms with Crippen molar-refractivity contribution in [2.45, 2.75) is 0 Å². The van der Waals surface area contributed by atoms with Gasteiger partial charge in [0.1, 0.15) is 12.4 Å². The SMILES string of the molecule is CN1C(=O)c2ccc(C(=O)NCCOc3cccc(Br)c3)cc2C1=O. The van der Waals surface area contributed by atoms with Crippen LogP contribution in [0, 0.1) is 0 Å². The Labute approximate surface area is 152 Å². The van der Waals surface area contributed by atoms with E-state index >= 15 is 0 Å². The van der Waals surface area contributed by atoms with Gasteiger partial charge in [-0.3, -0.25) is 19.3 Å². The highest BCUT2D eigenvalue weighted by Crippen LogP contribution is 2.22. The summed E-state index contributed by atoms with van der Waals surface area (Å²) in [5.74, 6) is -0.370. The van der Waals surface area contributed by atoms with E-state index in [4.69, 9.17) is 4.74 Å². The summed E-state index contributed by atoms with van der Waals surface area (Å²) in [6.07, 6.45) is 0. The fraction of sp³-hybridized carbons (Fsp3) is 0.167. The number of nitrogens with zero attached hydrogens (tertiary/aromatic N) is 1. The molecule has 7 heteroatoms. The van der Waals surface area contributed by atoms with Gasteiger partial charge in [-0.15, -0.1) is 0 Å². The van der Waals surface area contributed by atoms with Crippen molar-refractivity contribution in [3.05, 3.63) is 63.6 Å². The van der Waals surface area contributed by atoms with Gasteiger partial charge < -0.3 is 10.1 Å². The van der Waals surface area contributed by atoms with E-state index in [-0.39, 0.29) is 17.4 Å². The van der Waals surface area contributed by atoms with Gasteiger partial charge in [-0.1, -0.05) is 22.0 Å². The van der Waals surface area contributed by atoms with Crippen LogP contribution in [-0.4, -0.2) is 42.8 Å². The van der Waals surface area contributed by atoms with Crippen LogP contribution >= 0.6 is 15.9 Å². The number of rotatable bonds is 5. The molecule has 0 unspecified atom stereocenters. The highest BCUT2D eigenvalue weighted by Gasteiger charge is 2.33. The molecule has 0 radical (unpaired) electrons. The van der Waals surface area contributed by atoms with Crippen molar-refractivity contribution >= 4 is 33.7 Å². The monoisotopic (exact) mass is 402 g/mol. The number of amides is 3. The summed E-state index contributed by atoms with van der Waals surface area (Å²) < 4.78 is 6.46. The smallest absolute Gasteiger partial charge is 0.261 e. The molecule has 1 N–H and O–H groups in total. The molecule has 3 rings (SSSR count). The van der Waals surface area contributed by atoms with Crippen molar-refractivity contribution in [1.82, 2.24) is 10.2 Å². The van der Waals surface area contributed by atoms with Gasteiger partial charge >= 0.3 is 0 Å². The van der Waals surface area contributed by atoms with Crippen molar-refractivity contribution in [3.8, 4) is 5.75 Å². The summed E-state index contributed by atoms with van der Waals surface area (Å²) >= 11 is 3.36. The summed E-state index contributed by atoms with van der Waals surface area (Å²) in [7, 11) is 1.42. The van der Waals surface area contributed by atoms with E-state index in [0.29, 0.717) is 30.0 Å². The van der Waals surface area contributed by atoms with Crippen LogP contribution in [-0.2, 0) is 0 Å². The molecule has 0 saturated carbocycles. The van der Waals surface area contributed by atoms with Crippen LogP contribution in [0.4, 0.5) is 0 Å².